The molecule has 1 saturated heterocycles. The van der Waals surface area contributed by atoms with Crippen molar-refractivity contribution in [1.82, 2.24) is 14.9 Å². The lowest BCUT2D eigenvalue weighted by molar-refractivity contribution is 0.0734. The summed E-state index contributed by atoms with van der Waals surface area (Å²) >= 11 is 0. The first-order valence-corrected chi connectivity index (χ1v) is 6.78. The van der Waals surface area contributed by atoms with Crippen LogP contribution in [0.5, 0.6) is 5.75 Å². The first-order valence-electron chi connectivity index (χ1n) is 6.78. The number of rotatable bonds is 4. The Balaban J connectivity index is 1.61. The molecule has 1 aliphatic rings. The van der Waals surface area contributed by atoms with Crippen LogP contribution in [0.4, 0.5) is 4.39 Å². The number of aliphatic hydroxyl groups excluding tert-OH is 1. The van der Waals surface area contributed by atoms with Gasteiger partial charge in [0.25, 0.3) is 0 Å². The maximum absolute atomic E-state index is 13.1. The van der Waals surface area contributed by atoms with E-state index < -0.39 is 6.10 Å². The molecule has 110 valence electrons. The SMILES string of the molecule is O[C@@H]1CN(Cc2cnccn2)C[C@H]1Oc1cccc(F)c1. The number of hydrogen-bond donors (Lipinski definition) is 1. The van der Waals surface area contributed by atoms with E-state index >= 15 is 0 Å². The van der Waals surface area contributed by atoms with Crippen LogP contribution >= 0.6 is 0 Å². The molecule has 6 heteroatoms. The number of nitrogens with zero attached hydrogens (tertiary/aromatic N) is 3. The second kappa shape index (κ2) is 6.15. The van der Waals surface area contributed by atoms with Crippen LogP contribution in [0, 0.1) is 5.82 Å². The Morgan fingerprint density at radius 2 is 2.24 bits per heavy atom. The topological polar surface area (TPSA) is 58.5 Å². The molecule has 0 unspecified atom stereocenters. The minimum absolute atomic E-state index is 0.351. The van der Waals surface area contributed by atoms with E-state index in [1.807, 2.05) is 4.90 Å². The van der Waals surface area contributed by atoms with Crippen molar-refractivity contribution >= 4 is 0 Å². The summed E-state index contributed by atoms with van der Waals surface area (Å²) in [5, 5.41) is 10.1. The van der Waals surface area contributed by atoms with E-state index in [4.69, 9.17) is 4.74 Å². The Morgan fingerprint density at radius 1 is 1.33 bits per heavy atom. The zero-order valence-electron chi connectivity index (χ0n) is 11.4. The number of likely N-dealkylation sites (tertiary alicyclic amines) is 1. The minimum atomic E-state index is -0.607. The number of β-amino-alcohol motifs (C(OH)–C–C–N with tert-alkyl or cyclic N) is 1. The van der Waals surface area contributed by atoms with Gasteiger partial charge in [0.2, 0.25) is 0 Å². The summed E-state index contributed by atoms with van der Waals surface area (Å²) in [6, 6.07) is 5.95. The van der Waals surface area contributed by atoms with E-state index in [-0.39, 0.29) is 11.9 Å². The van der Waals surface area contributed by atoms with Crippen molar-refractivity contribution in [3.8, 4) is 5.75 Å². The molecule has 1 aromatic carbocycles. The first kappa shape index (κ1) is 13.9. The molecular weight excluding hydrogens is 273 g/mol. The molecule has 0 amide bonds. The summed E-state index contributed by atoms with van der Waals surface area (Å²) in [5.74, 6) is 0.0804. The Bertz CT molecular complexity index is 596. The van der Waals surface area contributed by atoms with E-state index in [2.05, 4.69) is 9.97 Å². The van der Waals surface area contributed by atoms with Gasteiger partial charge in [0, 0.05) is 44.3 Å². The number of benzene rings is 1. The third-order valence-electron chi connectivity index (χ3n) is 3.40. The smallest absolute Gasteiger partial charge is 0.138 e. The highest BCUT2D eigenvalue weighted by atomic mass is 19.1. The molecule has 0 spiro atoms. The van der Waals surface area contributed by atoms with Crippen LogP contribution < -0.4 is 4.74 Å². The van der Waals surface area contributed by atoms with Crippen molar-refractivity contribution in [2.45, 2.75) is 18.8 Å². The van der Waals surface area contributed by atoms with Gasteiger partial charge >= 0.3 is 0 Å². The Hall–Kier alpha value is -2.05. The summed E-state index contributed by atoms with van der Waals surface area (Å²) in [6.45, 7) is 1.67. The van der Waals surface area contributed by atoms with Crippen molar-refractivity contribution in [3.05, 3.63) is 54.4 Å². The van der Waals surface area contributed by atoms with Gasteiger partial charge in [-0.3, -0.25) is 14.9 Å². The molecule has 0 radical (unpaired) electrons. The number of halogens is 1. The fraction of sp³-hybridized carbons (Fsp3) is 0.333. The van der Waals surface area contributed by atoms with E-state index in [9.17, 15) is 9.50 Å². The molecular formula is C15H16FN3O2. The van der Waals surface area contributed by atoms with Crippen molar-refractivity contribution < 1.29 is 14.2 Å². The van der Waals surface area contributed by atoms with Crippen LogP contribution in [0.1, 0.15) is 5.69 Å². The lowest BCUT2D eigenvalue weighted by atomic mass is 10.2. The van der Waals surface area contributed by atoms with Gasteiger partial charge in [0.05, 0.1) is 5.69 Å². The standard InChI is InChI=1S/C15H16FN3O2/c16-11-2-1-3-13(6-11)21-15-10-19(9-14(15)20)8-12-7-17-4-5-18-12/h1-7,14-15,20H,8-10H2/t14-,15-/m1/s1. The summed E-state index contributed by atoms with van der Waals surface area (Å²) < 4.78 is 18.8. The van der Waals surface area contributed by atoms with Crippen LogP contribution in [0.15, 0.2) is 42.9 Å². The van der Waals surface area contributed by atoms with E-state index in [0.717, 1.165) is 5.69 Å². The van der Waals surface area contributed by atoms with Gasteiger partial charge in [-0.25, -0.2) is 4.39 Å². The van der Waals surface area contributed by atoms with E-state index in [1.165, 1.54) is 12.1 Å². The van der Waals surface area contributed by atoms with Gasteiger partial charge in [0.1, 0.15) is 23.8 Å². The summed E-state index contributed by atoms with van der Waals surface area (Å²) in [6.07, 6.45) is 3.99. The minimum Gasteiger partial charge on any atom is -0.486 e. The normalized spacial score (nSPS) is 22.4. The fourth-order valence-corrected chi connectivity index (χ4v) is 2.43. The van der Waals surface area contributed by atoms with Crippen molar-refractivity contribution in [3.63, 3.8) is 0 Å². The van der Waals surface area contributed by atoms with Crippen LogP contribution in [-0.2, 0) is 6.54 Å². The molecule has 1 N–H and O–H groups in total. The number of aromatic nitrogens is 2. The largest absolute Gasteiger partial charge is 0.486 e. The summed E-state index contributed by atoms with van der Waals surface area (Å²) in [5.41, 5.74) is 0.844. The van der Waals surface area contributed by atoms with Gasteiger partial charge < -0.3 is 9.84 Å². The Kier molecular flexibility index (Phi) is 4.08. The zero-order valence-corrected chi connectivity index (χ0v) is 11.4. The van der Waals surface area contributed by atoms with Gasteiger partial charge in [-0.1, -0.05) is 6.07 Å². The van der Waals surface area contributed by atoms with Crippen molar-refractivity contribution in [2.24, 2.45) is 0 Å². The monoisotopic (exact) mass is 289 g/mol. The molecule has 21 heavy (non-hydrogen) atoms. The van der Waals surface area contributed by atoms with Gasteiger partial charge in [-0.15, -0.1) is 0 Å². The molecule has 5 nitrogen and oxygen atoms in total. The lowest BCUT2D eigenvalue weighted by Crippen LogP contribution is -2.29. The predicted octanol–water partition coefficient (Wildman–Crippen LogP) is 1.24. The lowest BCUT2D eigenvalue weighted by Gasteiger charge is -2.17. The van der Waals surface area contributed by atoms with Crippen LogP contribution in [0.3, 0.4) is 0 Å². The van der Waals surface area contributed by atoms with E-state index in [1.54, 1.807) is 30.7 Å². The molecule has 0 bridgehead atoms. The highest BCUT2D eigenvalue weighted by molar-refractivity contribution is 5.23. The van der Waals surface area contributed by atoms with Crippen LogP contribution in [0.2, 0.25) is 0 Å². The zero-order chi connectivity index (χ0) is 14.7. The third kappa shape index (κ3) is 3.53. The molecule has 0 saturated carbocycles. The maximum atomic E-state index is 13.1. The van der Waals surface area contributed by atoms with Gasteiger partial charge in [-0.05, 0) is 12.1 Å². The molecule has 0 aliphatic carbocycles. The molecule has 1 aliphatic heterocycles. The molecule has 2 atom stereocenters. The summed E-state index contributed by atoms with van der Waals surface area (Å²) in [7, 11) is 0. The molecule has 3 rings (SSSR count). The molecule has 1 aromatic heterocycles. The number of ether oxygens (including phenoxy) is 1. The van der Waals surface area contributed by atoms with Crippen molar-refractivity contribution in [2.75, 3.05) is 13.1 Å². The molecule has 2 heterocycles. The molecule has 2 aromatic rings. The van der Waals surface area contributed by atoms with Crippen molar-refractivity contribution in [1.29, 1.82) is 0 Å². The van der Waals surface area contributed by atoms with E-state index in [0.29, 0.717) is 25.4 Å². The third-order valence-corrected chi connectivity index (χ3v) is 3.40. The quantitative estimate of drug-likeness (QED) is 0.917. The second-order valence-corrected chi connectivity index (χ2v) is 5.07. The second-order valence-electron chi connectivity index (χ2n) is 5.07. The highest BCUT2D eigenvalue weighted by Gasteiger charge is 2.33. The fourth-order valence-electron chi connectivity index (χ4n) is 2.43. The average molecular weight is 289 g/mol. The predicted molar refractivity (Wildman–Crippen MR) is 74.1 cm³/mol. The first-order chi connectivity index (χ1) is 10.2. The van der Waals surface area contributed by atoms with Crippen LogP contribution in [0.25, 0.3) is 0 Å². The molecule has 1 fully saturated rings. The van der Waals surface area contributed by atoms with Crippen LogP contribution in [-0.4, -0.2) is 45.3 Å². The van der Waals surface area contributed by atoms with Gasteiger partial charge in [-0.2, -0.15) is 0 Å². The number of aliphatic hydroxyl groups is 1. The Morgan fingerprint density at radius 3 is 3.00 bits per heavy atom. The summed E-state index contributed by atoms with van der Waals surface area (Å²) in [4.78, 5) is 10.3. The Labute approximate surface area is 122 Å². The van der Waals surface area contributed by atoms with Gasteiger partial charge in [0.15, 0.2) is 0 Å². The number of hydrogen-bond acceptors (Lipinski definition) is 5. The highest BCUT2D eigenvalue weighted by Crippen LogP contribution is 2.20. The maximum Gasteiger partial charge on any atom is 0.138 e. The average Bonchev–Trinajstić information content (AvgIpc) is 2.80.